The van der Waals surface area contributed by atoms with Gasteiger partial charge in [0.2, 0.25) is 0 Å². The summed E-state index contributed by atoms with van der Waals surface area (Å²) < 4.78 is 5.41. The highest BCUT2D eigenvalue weighted by Crippen LogP contribution is 2.44. The van der Waals surface area contributed by atoms with E-state index in [1.165, 1.54) is 6.08 Å². The van der Waals surface area contributed by atoms with Crippen LogP contribution in [-0.2, 0) is 19.2 Å². The molecule has 0 bridgehead atoms. The van der Waals surface area contributed by atoms with Crippen LogP contribution in [0, 0.1) is 5.92 Å². The lowest BCUT2D eigenvalue weighted by atomic mass is 9.98. The van der Waals surface area contributed by atoms with Crippen LogP contribution in [0.5, 0.6) is 0 Å². The lowest BCUT2D eigenvalue weighted by Gasteiger charge is -2.14. The van der Waals surface area contributed by atoms with Gasteiger partial charge in [-0.3, -0.25) is 9.63 Å². The molecular weight excluding hydrogens is 412 g/mol. The molecule has 1 atom stereocenters. The summed E-state index contributed by atoms with van der Waals surface area (Å²) in [6.07, 6.45) is 2.50. The summed E-state index contributed by atoms with van der Waals surface area (Å²) >= 11 is 0. The monoisotopic (exact) mass is 436 g/mol. The van der Waals surface area contributed by atoms with E-state index in [2.05, 4.69) is 22.9 Å². The van der Waals surface area contributed by atoms with Crippen molar-refractivity contribution in [1.82, 2.24) is 10.8 Å². The smallest absolute Gasteiger partial charge is 0.407 e. The maximum Gasteiger partial charge on any atom is 0.407 e. The summed E-state index contributed by atoms with van der Waals surface area (Å²) in [5.74, 6) is -1.80. The van der Waals surface area contributed by atoms with Crippen LogP contribution < -0.4 is 10.8 Å². The van der Waals surface area contributed by atoms with Gasteiger partial charge in [0.1, 0.15) is 6.61 Å². The van der Waals surface area contributed by atoms with Crippen molar-refractivity contribution in [1.29, 1.82) is 0 Å². The van der Waals surface area contributed by atoms with Crippen LogP contribution in [0.1, 0.15) is 29.9 Å². The van der Waals surface area contributed by atoms with E-state index in [1.54, 1.807) is 0 Å². The van der Waals surface area contributed by atoms with E-state index in [0.29, 0.717) is 0 Å². The molecule has 3 N–H and O–H groups in total. The molecule has 1 saturated carbocycles. The molecule has 166 valence electrons. The highest BCUT2D eigenvalue weighted by Gasteiger charge is 2.38. The first kappa shape index (κ1) is 21.6. The highest BCUT2D eigenvalue weighted by atomic mass is 16.7. The third-order valence-corrected chi connectivity index (χ3v) is 5.56. The molecule has 0 heterocycles. The Morgan fingerprint density at radius 3 is 2.25 bits per heavy atom. The molecule has 8 heteroatoms. The van der Waals surface area contributed by atoms with E-state index in [0.717, 1.165) is 41.2 Å². The Kier molecular flexibility index (Phi) is 6.51. The predicted octanol–water partition coefficient (Wildman–Crippen LogP) is 2.99. The minimum Gasteiger partial charge on any atom is -0.479 e. The Balaban J connectivity index is 1.21. The Bertz CT molecular complexity index is 1000. The van der Waals surface area contributed by atoms with Crippen molar-refractivity contribution < 1.29 is 29.1 Å². The molecule has 2 aromatic rings. The summed E-state index contributed by atoms with van der Waals surface area (Å²) in [7, 11) is 0. The largest absolute Gasteiger partial charge is 0.479 e. The molecule has 1 fully saturated rings. The second-order valence-corrected chi connectivity index (χ2v) is 7.79. The molecule has 0 aliphatic heterocycles. The molecule has 0 saturated heterocycles. The first-order valence-electron chi connectivity index (χ1n) is 10.5. The number of benzene rings is 2. The van der Waals surface area contributed by atoms with E-state index in [9.17, 15) is 14.4 Å². The fourth-order valence-corrected chi connectivity index (χ4v) is 3.86. The normalized spacial score (nSPS) is 15.6. The minimum atomic E-state index is -1.10. The number of carboxylic acids is 1. The van der Waals surface area contributed by atoms with Gasteiger partial charge in [-0.2, -0.15) is 0 Å². The number of carbonyl (C=O) groups is 3. The van der Waals surface area contributed by atoms with Gasteiger partial charge >= 0.3 is 12.1 Å². The number of carboxylic acid groups (broad SMARTS) is 1. The maximum absolute atomic E-state index is 12.1. The van der Waals surface area contributed by atoms with Gasteiger partial charge in [-0.25, -0.2) is 15.1 Å². The fourth-order valence-electron chi connectivity index (χ4n) is 3.86. The Morgan fingerprint density at radius 2 is 1.66 bits per heavy atom. The number of fused-ring (bicyclic) bond motifs is 3. The zero-order chi connectivity index (χ0) is 22.5. The SMILES string of the molecule is O=C(/C=C/CNC(=O)OCC1c2ccccc2-c2ccccc21)NOC(C(=O)O)C1CC1. The number of amides is 2. The van der Waals surface area contributed by atoms with Gasteiger partial charge in [-0.15, -0.1) is 0 Å². The number of ether oxygens (including phenoxy) is 1. The molecular formula is C24H24N2O6. The second kappa shape index (κ2) is 9.65. The van der Waals surface area contributed by atoms with Gasteiger partial charge in [-0.1, -0.05) is 54.6 Å². The summed E-state index contributed by atoms with van der Waals surface area (Å²) in [6.45, 7) is 0.282. The molecule has 0 radical (unpaired) electrons. The number of alkyl carbamates (subject to hydrolysis) is 1. The van der Waals surface area contributed by atoms with Crippen molar-refractivity contribution in [3.8, 4) is 11.1 Å². The zero-order valence-corrected chi connectivity index (χ0v) is 17.3. The highest BCUT2D eigenvalue weighted by molar-refractivity contribution is 5.87. The lowest BCUT2D eigenvalue weighted by molar-refractivity contribution is -0.161. The molecule has 1 unspecified atom stereocenters. The standard InChI is InChI=1S/C24H24N2O6/c27-21(26-32-22(23(28)29)15-11-12-15)10-5-13-25-24(30)31-14-20-18-8-3-1-6-16(18)17-7-2-4-9-19(17)20/h1-10,15,20,22H,11-14H2,(H,25,30)(H,26,27)(H,28,29)/b10-5+. The topological polar surface area (TPSA) is 114 Å². The van der Waals surface area contributed by atoms with E-state index < -0.39 is 24.1 Å². The van der Waals surface area contributed by atoms with Gasteiger partial charge in [-0.05, 0) is 41.0 Å². The molecule has 0 spiro atoms. The Hall–Kier alpha value is -3.65. The maximum atomic E-state index is 12.1. The van der Waals surface area contributed by atoms with E-state index in [1.807, 2.05) is 36.4 Å². The van der Waals surface area contributed by atoms with Crippen LogP contribution in [0.25, 0.3) is 11.1 Å². The molecule has 0 aromatic heterocycles. The summed E-state index contributed by atoms with van der Waals surface area (Å²) in [5.41, 5.74) is 6.67. The number of carbonyl (C=O) groups excluding carboxylic acids is 2. The fraction of sp³-hybridized carbons (Fsp3) is 0.292. The number of rotatable bonds is 9. The summed E-state index contributed by atoms with van der Waals surface area (Å²) in [6, 6.07) is 16.2. The van der Waals surface area contributed by atoms with E-state index in [-0.39, 0.29) is 25.0 Å². The summed E-state index contributed by atoms with van der Waals surface area (Å²) in [5, 5.41) is 11.6. The Labute approximate surface area is 185 Å². The molecule has 2 aliphatic carbocycles. The molecule has 4 rings (SSSR count). The molecule has 2 aliphatic rings. The minimum absolute atomic E-state index is 0.0275. The third kappa shape index (κ3) is 4.97. The predicted molar refractivity (Wildman–Crippen MR) is 116 cm³/mol. The van der Waals surface area contributed by atoms with Crippen molar-refractivity contribution in [2.75, 3.05) is 13.2 Å². The van der Waals surface area contributed by atoms with Crippen LogP contribution >= 0.6 is 0 Å². The van der Waals surface area contributed by atoms with Crippen LogP contribution in [0.4, 0.5) is 4.79 Å². The van der Waals surface area contributed by atoms with Crippen molar-refractivity contribution in [2.24, 2.45) is 5.92 Å². The number of hydrogen-bond acceptors (Lipinski definition) is 5. The zero-order valence-electron chi connectivity index (χ0n) is 17.3. The number of nitrogens with one attached hydrogen (secondary N) is 2. The van der Waals surface area contributed by atoms with Crippen LogP contribution in [0.15, 0.2) is 60.7 Å². The van der Waals surface area contributed by atoms with Gasteiger partial charge in [0.25, 0.3) is 5.91 Å². The lowest BCUT2D eigenvalue weighted by Crippen LogP contribution is -2.35. The van der Waals surface area contributed by atoms with Crippen molar-refractivity contribution >= 4 is 18.0 Å². The van der Waals surface area contributed by atoms with Gasteiger partial charge in [0, 0.05) is 18.5 Å². The van der Waals surface area contributed by atoms with E-state index >= 15 is 0 Å². The molecule has 32 heavy (non-hydrogen) atoms. The van der Waals surface area contributed by atoms with E-state index in [4.69, 9.17) is 14.7 Å². The third-order valence-electron chi connectivity index (χ3n) is 5.56. The van der Waals surface area contributed by atoms with Crippen LogP contribution in [0.3, 0.4) is 0 Å². The Morgan fingerprint density at radius 1 is 1.03 bits per heavy atom. The molecule has 8 nitrogen and oxygen atoms in total. The van der Waals surface area contributed by atoms with Crippen LogP contribution in [-0.4, -0.2) is 42.3 Å². The summed E-state index contributed by atoms with van der Waals surface area (Å²) in [4.78, 5) is 39.8. The molecule has 2 aromatic carbocycles. The first-order chi connectivity index (χ1) is 15.5. The van der Waals surface area contributed by atoms with Gasteiger partial charge < -0.3 is 15.2 Å². The second-order valence-electron chi connectivity index (χ2n) is 7.79. The molecule has 2 amide bonds. The van der Waals surface area contributed by atoms with Crippen LogP contribution in [0.2, 0.25) is 0 Å². The quantitative estimate of drug-likeness (QED) is 0.411. The van der Waals surface area contributed by atoms with Gasteiger partial charge in [0.15, 0.2) is 6.10 Å². The average molecular weight is 436 g/mol. The average Bonchev–Trinajstić information content (AvgIpc) is 3.57. The number of hydroxylamine groups is 1. The number of hydrogen-bond donors (Lipinski definition) is 3. The van der Waals surface area contributed by atoms with Crippen molar-refractivity contribution in [3.63, 3.8) is 0 Å². The van der Waals surface area contributed by atoms with Crippen molar-refractivity contribution in [2.45, 2.75) is 24.9 Å². The van der Waals surface area contributed by atoms with Crippen molar-refractivity contribution in [3.05, 3.63) is 71.8 Å². The number of aliphatic carboxylic acids is 1. The first-order valence-corrected chi connectivity index (χ1v) is 10.5. The van der Waals surface area contributed by atoms with Gasteiger partial charge in [0.05, 0.1) is 0 Å².